The second-order valence-corrected chi connectivity index (χ2v) is 5.94. The highest BCUT2D eigenvalue weighted by Crippen LogP contribution is 2.10. The van der Waals surface area contributed by atoms with Crippen molar-refractivity contribution < 1.29 is 4.79 Å². The van der Waals surface area contributed by atoms with Gasteiger partial charge in [-0.25, -0.2) is 4.68 Å². The lowest BCUT2D eigenvalue weighted by Gasteiger charge is -2.02. The number of amides is 1. The van der Waals surface area contributed by atoms with E-state index in [0.717, 1.165) is 14.8 Å². The molecule has 0 saturated carbocycles. The van der Waals surface area contributed by atoms with E-state index in [9.17, 15) is 4.79 Å². The van der Waals surface area contributed by atoms with Crippen LogP contribution in [0.3, 0.4) is 0 Å². The van der Waals surface area contributed by atoms with Gasteiger partial charge in [-0.15, -0.1) is 5.10 Å². The van der Waals surface area contributed by atoms with Crippen LogP contribution in [0.1, 0.15) is 16.1 Å². The highest BCUT2D eigenvalue weighted by molar-refractivity contribution is 14.1. The zero-order valence-electron chi connectivity index (χ0n) is 11.6. The molecule has 0 atom stereocenters. The van der Waals surface area contributed by atoms with E-state index in [1.54, 1.807) is 10.9 Å². The molecule has 0 aliphatic carbocycles. The Morgan fingerprint density at radius 3 is 2.55 bits per heavy atom. The molecule has 110 valence electrons. The molecule has 0 aliphatic heterocycles. The number of nitrogens with one attached hydrogen (secondary N) is 1. The fourth-order valence-electron chi connectivity index (χ4n) is 1.96. The van der Waals surface area contributed by atoms with E-state index < -0.39 is 0 Å². The van der Waals surface area contributed by atoms with Gasteiger partial charge in [-0.05, 0) is 52.4 Å². The first-order valence-corrected chi connectivity index (χ1v) is 7.81. The Balaban J connectivity index is 1.68. The summed E-state index contributed by atoms with van der Waals surface area (Å²) < 4.78 is 2.73. The minimum atomic E-state index is -0.236. The molecule has 1 heterocycles. The van der Waals surface area contributed by atoms with Crippen LogP contribution in [-0.2, 0) is 6.54 Å². The largest absolute Gasteiger partial charge is 0.347 e. The summed E-state index contributed by atoms with van der Waals surface area (Å²) in [5, 5.41) is 10.8. The van der Waals surface area contributed by atoms with Crippen LogP contribution in [-0.4, -0.2) is 20.9 Å². The molecule has 5 nitrogen and oxygen atoms in total. The third-order valence-corrected chi connectivity index (χ3v) is 3.83. The highest BCUT2D eigenvalue weighted by atomic mass is 127. The lowest BCUT2D eigenvalue weighted by Crippen LogP contribution is -2.23. The predicted octanol–water partition coefficient (Wildman–Crippen LogP) is 2.80. The number of nitrogens with zero attached hydrogens (tertiary/aromatic N) is 3. The van der Waals surface area contributed by atoms with E-state index in [0.29, 0.717) is 12.2 Å². The van der Waals surface area contributed by atoms with Gasteiger partial charge in [0.05, 0.1) is 11.9 Å². The SMILES string of the molecule is O=C(NCc1ccccc1)c1cn(-c2ccc(I)cc2)nn1. The maximum absolute atomic E-state index is 12.1. The molecule has 3 rings (SSSR count). The minimum absolute atomic E-state index is 0.236. The minimum Gasteiger partial charge on any atom is -0.347 e. The summed E-state index contributed by atoms with van der Waals surface area (Å²) in [6.45, 7) is 0.468. The lowest BCUT2D eigenvalue weighted by atomic mass is 10.2. The molecule has 3 aromatic rings. The second-order valence-electron chi connectivity index (χ2n) is 4.69. The average Bonchev–Trinajstić information content (AvgIpc) is 3.04. The number of carbonyl (C=O) groups excluding carboxylic acids is 1. The van der Waals surface area contributed by atoms with E-state index in [4.69, 9.17) is 0 Å². The smallest absolute Gasteiger partial charge is 0.273 e. The third-order valence-electron chi connectivity index (χ3n) is 3.11. The first kappa shape index (κ1) is 14.7. The van der Waals surface area contributed by atoms with Gasteiger partial charge in [-0.2, -0.15) is 0 Å². The maximum Gasteiger partial charge on any atom is 0.273 e. The fraction of sp³-hybridized carbons (Fsp3) is 0.0625. The Hall–Kier alpha value is -2.22. The topological polar surface area (TPSA) is 59.8 Å². The van der Waals surface area contributed by atoms with Gasteiger partial charge in [0.25, 0.3) is 5.91 Å². The Morgan fingerprint density at radius 1 is 1.09 bits per heavy atom. The molecule has 0 bridgehead atoms. The number of halogens is 1. The molecule has 6 heteroatoms. The monoisotopic (exact) mass is 404 g/mol. The summed E-state index contributed by atoms with van der Waals surface area (Å²) in [6.07, 6.45) is 1.63. The molecule has 0 unspecified atom stereocenters. The number of carbonyl (C=O) groups is 1. The predicted molar refractivity (Wildman–Crippen MR) is 91.7 cm³/mol. The zero-order chi connectivity index (χ0) is 15.4. The maximum atomic E-state index is 12.1. The lowest BCUT2D eigenvalue weighted by molar-refractivity contribution is 0.0946. The number of aromatic nitrogens is 3. The fourth-order valence-corrected chi connectivity index (χ4v) is 2.32. The van der Waals surface area contributed by atoms with Gasteiger partial charge in [-0.1, -0.05) is 35.5 Å². The Kier molecular flexibility index (Phi) is 4.47. The molecule has 0 fully saturated rings. The molecule has 0 radical (unpaired) electrons. The van der Waals surface area contributed by atoms with Crippen molar-refractivity contribution in [2.45, 2.75) is 6.54 Å². The molecule has 1 aromatic heterocycles. The third kappa shape index (κ3) is 3.51. The second kappa shape index (κ2) is 6.69. The van der Waals surface area contributed by atoms with Crippen LogP contribution in [0.4, 0.5) is 0 Å². The summed E-state index contributed by atoms with van der Waals surface area (Å²) in [5.41, 5.74) is 2.21. The standard InChI is InChI=1S/C16H13IN4O/c17-13-6-8-14(9-7-13)21-11-15(19-20-21)16(22)18-10-12-4-2-1-3-5-12/h1-9,11H,10H2,(H,18,22). The Morgan fingerprint density at radius 2 is 1.82 bits per heavy atom. The van der Waals surface area contributed by atoms with E-state index in [2.05, 4.69) is 38.2 Å². The van der Waals surface area contributed by atoms with E-state index in [-0.39, 0.29) is 5.91 Å². The molecule has 0 spiro atoms. The van der Waals surface area contributed by atoms with E-state index in [1.165, 1.54) is 0 Å². The Bertz CT molecular complexity index is 768. The van der Waals surface area contributed by atoms with Crippen LogP contribution in [0.5, 0.6) is 0 Å². The summed E-state index contributed by atoms with van der Waals surface area (Å²) >= 11 is 2.24. The van der Waals surface area contributed by atoms with Gasteiger partial charge in [0, 0.05) is 10.1 Å². The summed E-state index contributed by atoms with van der Waals surface area (Å²) in [5.74, 6) is -0.236. The summed E-state index contributed by atoms with van der Waals surface area (Å²) in [6, 6.07) is 17.6. The van der Waals surface area contributed by atoms with E-state index in [1.807, 2.05) is 54.6 Å². The molecule has 22 heavy (non-hydrogen) atoms. The molecular weight excluding hydrogens is 391 g/mol. The number of rotatable bonds is 4. The van der Waals surface area contributed by atoms with Crippen molar-refractivity contribution in [3.8, 4) is 5.69 Å². The van der Waals surface area contributed by atoms with Gasteiger partial charge in [0.15, 0.2) is 5.69 Å². The molecule has 1 amide bonds. The van der Waals surface area contributed by atoms with Crippen LogP contribution in [0.2, 0.25) is 0 Å². The molecule has 0 aliphatic rings. The number of benzene rings is 2. The first-order chi connectivity index (χ1) is 10.7. The first-order valence-electron chi connectivity index (χ1n) is 6.73. The van der Waals surface area contributed by atoms with Gasteiger partial charge in [-0.3, -0.25) is 4.79 Å². The Labute approximate surface area is 141 Å². The van der Waals surface area contributed by atoms with Crippen molar-refractivity contribution in [2.75, 3.05) is 0 Å². The average molecular weight is 404 g/mol. The van der Waals surface area contributed by atoms with Crippen molar-refractivity contribution in [1.82, 2.24) is 20.3 Å². The van der Waals surface area contributed by atoms with Crippen molar-refractivity contribution in [2.24, 2.45) is 0 Å². The quantitative estimate of drug-likeness (QED) is 0.681. The normalized spacial score (nSPS) is 10.4. The summed E-state index contributed by atoms with van der Waals surface area (Å²) in [7, 11) is 0. The van der Waals surface area contributed by atoms with Crippen LogP contribution in [0.25, 0.3) is 5.69 Å². The van der Waals surface area contributed by atoms with Gasteiger partial charge in [0.1, 0.15) is 0 Å². The molecule has 2 aromatic carbocycles. The molecule has 0 saturated heterocycles. The van der Waals surface area contributed by atoms with Crippen molar-refractivity contribution >= 4 is 28.5 Å². The van der Waals surface area contributed by atoms with E-state index >= 15 is 0 Å². The number of hydrogen-bond acceptors (Lipinski definition) is 3. The molecular formula is C16H13IN4O. The van der Waals surface area contributed by atoms with Crippen molar-refractivity contribution in [1.29, 1.82) is 0 Å². The highest BCUT2D eigenvalue weighted by Gasteiger charge is 2.11. The molecule has 1 N–H and O–H groups in total. The zero-order valence-corrected chi connectivity index (χ0v) is 13.8. The van der Waals surface area contributed by atoms with Crippen LogP contribution in [0, 0.1) is 3.57 Å². The van der Waals surface area contributed by atoms with Crippen LogP contribution in [0.15, 0.2) is 60.8 Å². The van der Waals surface area contributed by atoms with Gasteiger partial charge in [0.2, 0.25) is 0 Å². The van der Waals surface area contributed by atoms with Crippen LogP contribution < -0.4 is 5.32 Å². The van der Waals surface area contributed by atoms with Gasteiger partial charge >= 0.3 is 0 Å². The van der Waals surface area contributed by atoms with Crippen molar-refractivity contribution in [3.63, 3.8) is 0 Å². The van der Waals surface area contributed by atoms with Gasteiger partial charge < -0.3 is 5.32 Å². The number of hydrogen-bond donors (Lipinski definition) is 1. The van der Waals surface area contributed by atoms with Crippen molar-refractivity contribution in [3.05, 3.63) is 75.6 Å². The van der Waals surface area contributed by atoms with Crippen LogP contribution >= 0.6 is 22.6 Å². The summed E-state index contributed by atoms with van der Waals surface area (Å²) in [4.78, 5) is 12.1.